The van der Waals surface area contributed by atoms with Crippen LogP contribution in [0.3, 0.4) is 0 Å². The van der Waals surface area contributed by atoms with E-state index in [0.717, 1.165) is 41.9 Å². The molecule has 1 N–H and O–H groups in total. The van der Waals surface area contributed by atoms with E-state index in [1.165, 1.54) is 0 Å². The van der Waals surface area contributed by atoms with Crippen LogP contribution in [0.1, 0.15) is 37.3 Å². The summed E-state index contributed by atoms with van der Waals surface area (Å²) in [5, 5.41) is 8.74. The van der Waals surface area contributed by atoms with Crippen LogP contribution in [-0.4, -0.2) is 25.3 Å². The molecule has 0 saturated heterocycles. The van der Waals surface area contributed by atoms with Crippen molar-refractivity contribution in [3.8, 4) is 11.5 Å². The fourth-order valence-electron chi connectivity index (χ4n) is 2.03. The largest absolute Gasteiger partial charge is 0.496 e. The molecule has 4 heteroatoms. The Kier molecular flexibility index (Phi) is 6.19. The first-order valence-electron chi connectivity index (χ1n) is 6.57. The van der Waals surface area contributed by atoms with Gasteiger partial charge in [0, 0.05) is 12.0 Å². The van der Waals surface area contributed by atoms with Crippen molar-refractivity contribution >= 4 is 5.97 Å². The number of aliphatic carboxylic acids is 1. The molecule has 1 rings (SSSR count). The first-order valence-corrected chi connectivity index (χ1v) is 6.57. The van der Waals surface area contributed by atoms with Gasteiger partial charge in [0.15, 0.2) is 0 Å². The summed E-state index contributed by atoms with van der Waals surface area (Å²) in [6.45, 7) is 2.14. The molecular formula is C15H22O4. The molecule has 0 aliphatic heterocycles. The van der Waals surface area contributed by atoms with Crippen molar-refractivity contribution in [2.45, 2.75) is 39.0 Å². The Hall–Kier alpha value is -1.71. The molecule has 0 heterocycles. The third kappa shape index (κ3) is 4.47. The van der Waals surface area contributed by atoms with E-state index in [9.17, 15) is 4.79 Å². The smallest absolute Gasteiger partial charge is 0.303 e. The molecule has 0 bridgehead atoms. The average Bonchev–Trinajstić information content (AvgIpc) is 2.42. The first-order chi connectivity index (χ1) is 9.12. The third-order valence-corrected chi connectivity index (χ3v) is 3.08. The Labute approximate surface area is 114 Å². The van der Waals surface area contributed by atoms with Gasteiger partial charge in [-0.1, -0.05) is 13.3 Å². The standard InChI is InChI=1S/C15H22O4/c1-4-5-6-12-13(18-2)9-11(7-8-15(16)17)10-14(12)19-3/h9-10H,4-8H2,1-3H3,(H,16,17). The molecular weight excluding hydrogens is 244 g/mol. The van der Waals surface area contributed by atoms with E-state index in [2.05, 4.69) is 6.92 Å². The minimum Gasteiger partial charge on any atom is -0.496 e. The number of unbranched alkanes of at least 4 members (excludes halogenated alkanes) is 1. The second kappa shape index (κ2) is 7.67. The normalized spacial score (nSPS) is 10.3. The van der Waals surface area contributed by atoms with Crippen LogP contribution < -0.4 is 9.47 Å². The van der Waals surface area contributed by atoms with Gasteiger partial charge in [-0.3, -0.25) is 4.79 Å². The number of aryl methyl sites for hydroxylation is 1. The average molecular weight is 266 g/mol. The zero-order valence-corrected chi connectivity index (χ0v) is 11.9. The van der Waals surface area contributed by atoms with Crippen LogP contribution in [0.4, 0.5) is 0 Å². The van der Waals surface area contributed by atoms with Gasteiger partial charge in [-0.25, -0.2) is 0 Å². The summed E-state index contributed by atoms with van der Waals surface area (Å²) in [6, 6.07) is 3.83. The lowest BCUT2D eigenvalue weighted by Gasteiger charge is -2.15. The molecule has 0 unspecified atom stereocenters. The Balaban J connectivity index is 3.01. The van der Waals surface area contributed by atoms with E-state index >= 15 is 0 Å². The topological polar surface area (TPSA) is 55.8 Å². The summed E-state index contributed by atoms with van der Waals surface area (Å²) in [6.07, 6.45) is 3.67. The number of hydrogen-bond acceptors (Lipinski definition) is 3. The SMILES string of the molecule is CCCCc1c(OC)cc(CCC(=O)O)cc1OC. The molecule has 0 aliphatic rings. The molecule has 0 radical (unpaired) electrons. The van der Waals surface area contributed by atoms with Crippen molar-refractivity contribution in [1.29, 1.82) is 0 Å². The Morgan fingerprint density at radius 2 is 1.74 bits per heavy atom. The van der Waals surface area contributed by atoms with Crippen molar-refractivity contribution in [3.05, 3.63) is 23.3 Å². The maximum absolute atomic E-state index is 10.6. The summed E-state index contributed by atoms with van der Waals surface area (Å²) in [5.41, 5.74) is 1.99. The lowest BCUT2D eigenvalue weighted by atomic mass is 10.0. The highest BCUT2D eigenvalue weighted by Crippen LogP contribution is 2.32. The number of carbonyl (C=O) groups is 1. The fraction of sp³-hybridized carbons (Fsp3) is 0.533. The van der Waals surface area contributed by atoms with E-state index in [4.69, 9.17) is 14.6 Å². The minimum absolute atomic E-state index is 0.112. The van der Waals surface area contributed by atoms with Crippen molar-refractivity contribution in [2.24, 2.45) is 0 Å². The van der Waals surface area contributed by atoms with Gasteiger partial charge in [-0.15, -0.1) is 0 Å². The van der Waals surface area contributed by atoms with E-state index in [1.807, 2.05) is 12.1 Å². The van der Waals surface area contributed by atoms with Gasteiger partial charge in [0.25, 0.3) is 0 Å². The summed E-state index contributed by atoms with van der Waals surface area (Å²) < 4.78 is 10.8. The second-order valence-electron chi connectivity index (χ2n) is 4.48. The van der Waals surface area contributed by atoms with Gasteiger partial charge in [0.1, 0.15) is 11.5 Å². The molecule has 0 atom stereocenters. The van der Waals surface area contributed by atoms with Crippen LogP contribution in [0.5, 0.6) is 11.5 Å². The molecule has 1 aromatic rings. The summed E-state index contributed by atoms with van der Waals surface area (Å²) >= 11 is 0. The number of benzene rings is 1. The summed E-state index contributed by atoms with van der Waals surface area (Å²) in [5.74, 6) is 0.773. The van der Waals surface area contributed by atoms with Crippen molar-refractivity contribution in [2.75, 3.05) is 14.2 Å². The van der Waals surface area contributed by atoms with Gasteiger partial charge in [0.2, 0.25) is 0 Å². The van der Waals surface area contributed by atoms with E-state index in [-0.39, 0.29) is 6.42 Å². The Morgan fingerprint density at radius 1 is 1.16 bits per heavy atom. The van der Waals surface area contributed by atoms with Gasteiger partial charge >= 0.3 is 5.97 Å². The second-order valence-corrected chi connectivity index (χ2v) is 4.48. The molecule has 0 fully saturated rings. The highest BCUT2D eigenvalue weighted by Gasteiger charge is 2.12. The van der Waals surface area contributed by atoms with Crippen molar-refractivity contribution < 1.29 is 19.4 Å². The zero-order chi connectivity index (χ0) is 14.3. The van der Waals surface area contributed by atoms with Crippen LogP contribution in [0.2, 0.25) is 0 Å². The zero-order valence-electron chi connectivity index (χ0n) is 11.9. The minimum atomic E-state index is -0.798. The predicted molar refractivity (Wildman–Crippen MR) is 74.1 cm³/mol. The van der Waals surface area contributed by atoms with E-state index in [0.29, 0.717) is 6.42 Å². The molecule has 0 saturated carbocycles. The maximum atomic E-state index is 10.6. The van der Waals surface area contributed by atoms with Gasteiger partial charge in [0.05, 0.1) is 14.2 Å². The number of carboxylic acid groups (broad SMARTS) is 1. The van der Waals surface area contributed by atoms with Crippen LogP contribution >= 0.6 is 0 Å². The molecule has 1 aromatic carbocycles. The van der Waals surface area contributed by atoms with Gasteiger partial charge in [-0.05, 0) is 37.0 Å². The van der Waals surface area contributed by atoms with Gasteiger partial charge < -0.3 is 14.6 Å². The number of carboxylic acids is 1. The molecule has 4 nitrogen and oxygen atoms in total. The summed E-state index contributed by atoms with van der Waals surface area (Å²) in [7, 11) is 3.26. The molecule has 0 spiro atoms. The predicted octanol–water partition coefficient (Wildman–Crippen LogP) is 3.06. The lowest BCUT2D eigenvalue weighted by Crippen LogP contribution is -2.02. The quantitative estimate of drug-likeness (QED) is 0.785. The fourth-order valence-corrected chi connectivity index (χ4v) is 2.03. The van der Waals surface area contributed by atoms with Crippen LogP contribution in [0.15, 0.2) is 12.1 Å². The number of hydrogen-bond donors (Lipinski definition) is 1. The number of methoxy groups -OCH3 is 2. The third-order valence-electron chi connectivity index (χ3n) is 3.08. The highest BCUT2D eigenvalue weighted by atomic mass is 16.5. The molecule has 106 valence electrons. The lowest BCUT2D eigenvalue weighted by molar-refractivity contribution is -0.136. The number of ether oxygens (including phenoxy) is 2. The van der Waals surface area contributed by atoms with Crippen molar-refractivity contribution in [1.82, 2.24) is 0 Å². The number of rotatable bonds is 8. The van der Waals surface area contributed by atoms with Crippen LogP contribution in [-0.2, 0) is 17.6 Å². The molecule has 19 heavy (non-hydrogen) atoms. The maximum Gasteiger partial charge on any atom is 0.303 e. The molecule has 0 aromatic heterocycles. The molecule has 0 amide bonds. The van der Waals surface area contributed by atoms with Crippen LogP contribution in [0.25, 0.3) is 0 Å². The Bertz CT molecular complexity index is 401. The molecule has 0 aliphatic carbocycles. The van der Waals surface area contributed by atoms with Crippen LogP contribution in [0, 0.1) is 0 Å². The van der Waals surface area contributed by atoms with E-state index in [1.54, 1.807) is 14.2 Å². The van der Waals surface area contributed by atoms with E-state index < -0.39 is 5.97 Å². The Morgan fingerprint density at radius 3 is 2.16 bits per heavy atom. The van der Waals surface area contributed by atoms with Crippen molar-refractivity contribution in [3.63, 3.8) is 0 Å². The monoisotopic (exact) mass is 266 g/mol. The van der Waals surface area contributed by atoms with Gasteiger partial charge in [-0.2, -0.15) is 0 Å². The summed E-state index contributed by atoms with van der Waals surface area (Å²) in [4.78, 5) is 10.6. The highest BCUT2D eigenvalue weighted by molar-refractivity contribution is 5.67. The first kappa shape index (κ1) is 15.3.